The van der Waals surface area contributed by atoms with Crippen LogP contribution in [0.25, 0.3) is 11.4 Å². The lowest BCUT2D eigenvalue weighted by Crippen LogP contribution is -2.27. The van der Waals surface area contributed by atoms with Crippen LogP contribution >= 0.6 is 0 Å². The second-order valence-corrected chi connectivity index (χ2v) is 4.70. The Morgan fingerprint density at radius 2 is 2.00 bits per heavy atom. The number of hydrogen-bond donors (Lipinski definition) is 1. The number of phenols is 1. The summed E-state index contributed by atoms with van der Waals surface area (Å²) in [5, 5.41) is 9.28. The van der Waals surface area contributed by atoms with E-state index in [-0.39, 0.29) is 5.75 Å². The molecule has 1 aromatic carbocycles. The van der Waals surface area contributed by atoms with Gasteiger partial charge in [0.1, 0.15) is 5.75 Å². The lowest BCUT2D eigenvalue weighted by molar-refractivity contribution is 0.309. The van der Waals surface area contributed by atoms with Crippen molar-refractivity contribution in [2.24, 2.45) is 0 Å². The van der Waals surface area contributed by atoms with Crippen LogP contribution in [-0.4, -0.2) is 33.6 Å². The molecule has 92 valence electrons. The zero-order valence-electron chi connectivity index (χ0n) is 10.3. The van der Waals surface area contributed by atoms with Crippen molar-refractivity contribution in [1.29, 1.82) is 0 Å². The number of aromatic hydroxyl groups is 1. The van der Waals surface area contributed by atoms with Crippen LogP contribution in [0.3, 0.4) is 0 Å². The van der Waals surface area contributed by atoms with Crippen molar-refractivity contribution >= 4 is 0 Å². The second-order valence-electron chi connectivity index (χ2n) is 4.70. The minimum Gasteiger partial charge on any atom is -0.508 e. The standard InChI is InChI=1S/C14H15N3O/c1-17-7-6-13-11(9-17)8-15-14(16-13)10-2-4-12(18)5-3-10/h2-5,8,18H,6-7,9H2,1H3. The first-order valence-corrected chi connectivity index (χ1v) is 6.05. The minimum absolute atomic E-state index is 0.262. The Hall–Kier alpha value is -1.94. The average Bonchev–Trinajstić information content (AvgIpc) is 2.39. The Morgan fingerprint density at radius 1 is 1.22 bits per heavy atom. The molecule has 0 fully saturated rings. The van der Waals surface area contributed by atoms with E-state index in [4.69, 9.17) is 0 Å². The summed E-state index contributed by atoms with van der Waals surface area (Å²) < 4.78 is 0. The van der Waals surface area contributed by atoms with Gasteiger partial charge in [-0.05, 0) is 31.3 Å². The van der Waals surface area contributed by atoms with Gasteiger partial charge in [-0.1, -0.05) is 0 Å². The summed E-state index contributed by atoms with van der Waals surface area (Å²) in [6.07, 6.45) is 2.89. The fraction of sp³-hybridized carbons (Fsp3) is 0.286. The summed E-state index contributed by atoms with van der Waals surface area (Å²) in [6, 6.07) is 7.00. The van der Waals surface area contributed by atoms with Crippen molar-refractivity contribution in [3.63, 3.8) is 0 Å². The van der Waals surface area contributed by atoms with E-state index >= 15 is 0 Å². The number of hydrogen-bond acceptors (Lipinski definition) is 4. The highest BCUT2D eigenvalue weighted by Gasteiger charge is 2.15. The molecule has 3 rings (SSSR count). The molecule has 0 saturated carbocycles. The molecule has 4 heteroatoms. The highest BCUT2D eigenvalue weighted by atomic mass is 16.3. The third-order valence-electron chi connectivity index (χ3n) is 3.25. The minimum atomic E-state index is 0.262. The quantitative estimate of drug-likeness (QED) is 0.827. The first-order valence-electron chi connectivity index (χ1n) is 6.05. The van der Waals surface area contributed by atoms with E-state index in [2.05, 4.69) is 21.9 Å². The maximum Gasteiger partial charge on any atom is 0.159 e. The Bertz CT molecular complexity index is 566. The summed E-state index contributed by atoms with van der Waals surface area (Å²) in [7, 11) is 2.11. The second kappa shape index (κ2) is 4.38. The zero-order chi connectivity index (χ0) is 12.5. The van der Waals surface area contributed by atoms with Gasteiger partial charge in [-0.15, -0.1) is 0 Å². The lowest BCUT2D eigenvalue weighted by atomic mass is 10.1. The summed E-state index contributed by atoms with van der Waals surface area (Å²) in [5.74, 6) is 0.997. The SMILES string of the molecule is CN1CCc2nc(-c3ccc(O)cc3)ncc2C1. The van der Waals surface area contributed by atoms with Crippen LogP contribution in [0.4, 0.5) is 0 Å². The van der Waals surface area contributed by atoms with Crippen molar-refractivity contribution in [3.8, 4) is 17.1 Å². The summed E-state index contributed by atoms with van der Waals surface area (Å²) in [6.45, 7) is 1.96. The van der Waals surface area contributed by atoms with Gasteiger partial charge in [0.15, 0.2) is 5.82 Å². The topological polar surface area (TPSA) is 49.2 Å². The van der Waals surface area contributed by atoms with Gasteiger partial charge in [-0.3, -0.25) is 0 Å². The van der Waals surface area contributed by atoms with Gasteiger partial charge >= 0.3 is 0 Å². The molecule has 0 bridgehead atoms. The predicted octanol–water partition coefficient (Wildman–Crippen LogP) is 1.84. The highest BCUT2D eigenvalue weighted by molar-refractivity contribution is 5.56. The summed E-state index contributed by atoms with van der Waals surface area (Å²) in [4.78, 5) is 11.3. The lowest BCUT2D eigenvalue weighted by Gasteiger charge is -2.23. The van der Waals surface area contributed by atoms with Crippen LogP contribution in [-0.2, 0) is 13.0 Å². The van der Waals surface area contributed by atoms with Crippen LogP contribution in [0.15, 0.2) is 30.5 Å². The number of benzene rings is 1. The maximum atomic E-state index is 9.28. The predicted molar refractivity (Wildman–Crippen MR) is 69.2 cm³/mol. The van der Waals surface area contributed by atoms with E-state index in [1.165, 1.54) is 5.56 Å². The van der Waals surface area contributed by atoms with Gasteiger partial charge in [-0.25, -0.2) is 9.97 Å². The molecule has 18 heavy (non-hydrogen) atoms. The van der Waals surface area contributed by atoms with Gasteiger partial charge in [0.2, 0.25) is 0 Å². The molecule has 1 aliphatic rings. The summed E-state index contributed by atoms with van der Waals surface area (Å²) >= 11 is 0. The average molecular weight is 241 g/mol. The molecule has 2 heterocycles. The Labute approximate surface area is 106 Å². The molecule has 0 atom stereocenters. The molecule has 0 saturated heterocycles. The van der Waals surface area contributed by atoms with Crippen LogP contribution in [0.2, 0.25) is 0 Å². The molecule has 0 amide bonds. The number of aromatic nitrogens is 2. The molecule has 1 N–H and O–H groups in total. The normalized spacial score (nSPS) is 15.4. The Kier molecular flexibility index (Phi) is 2.72. The van der Waals surface area contributed by atoms with E-state index in [1.807, 2.05) is 18.3 Å². The van der Waals surface area contributed by atoms with Gasteiger partial charge < -0.3 is 10.0 Å². The third-order valence-corrected chi connectivity index (χ3v) is 3.25. The molecule has 2 aromatic rings. The van der Waals surface area contributed by atoms with E-state index < -0.39 is 0 Å². The first-order chi connectivity index (χ1) is 8.72. The number of phenolic OH excluding ortho intramolecular Hbond substituents is 1. The fourth-order valence-electron chi connectivity index (χ4n) is 2.21. The molecule has 0 unspecified atom stereocenters. The van der Waals surface area contributed by atoms with Crippen LogP contribution in [0.1, 0.15) is 11.3 Å². The molecular formula is C14H15N3O. The smallest absolute Gasteiger partial charge is 0.159 e. The zero-order valence-corrected chi connectivity index (χ0v) is 10.3. The van der Waals surface area contributed by atoms with Gasteiger partial charge in [0.05, 0.1) is 5.69 Å². The number of likely N-dealkylation sites (N-methyl/N-ethyl adjacent to an activating group) is 1. The largest absolute Gasteiger partial charge is 0.508 e. The molecule has 1 aliphatic heterocycles. The van der Waals surface area contributed by atoms with E-state index in [9.17, 15) is 5.11 Å². The molecule has 1 aromatic heterocycles. The number of nitrogens with zero attached hydrogens (tertiary/aromatic N) is 3. The molecule has 4 nitrogen and oxygen atoms in total. The number of rotatable bonds is 1. The number of fused-ring (bicyclic) bond motifs is 1. The molecule has 0 spiro atoms. The van der Waals surface area contributed by atoms with Crippen molar-refractivity contribution in [1.82, 2.24) is 14.9 Å². The van der Waals surface area contributed by atoms with Crippen LogP contribution in [0.5, 0.6) is 5.75 Å². The van der Waals surface area contributed by atoms with Crippen LogP contribution in [0, 0.1) is 0 Å². The van der Waals surface area contributed by atoms with E-state index in [0.29, 0.717) is 0 Å². The van der Waals surface area contributed by atoms with Gasteiger partial charge in [-0.2, -0.15) is 0 Å². The van der Waals surface area contributed by atoms with Gasteiger partial charge in [0, 0.05) is 36.8 Å². The molecule has 0 radical (unpaired) electrons. The third kappa shape index (κ3) is 2.07. The van der Waals surface area contributed by atoms with Gasteiger partial charge in [0.25, 0.3) is 0 Å². The Balaban J connectivity index is 1.97. The van der Waals surface area contributed by atoms with Crippen LogP contribution < -0.4 is 0 Å². The Morgan fingerprint density at radius 3 is 2.78 bits per heavy atom. The van der Waals surface area contributed by atoms with E-state index in [1.54, 1.807) is 12.1 Å². The highest BCUT2D eigenvalue weighted by Crippen LogP contribution is 2.21. The fourth-order valence-corrected chi connectivity index (χ4v) is 2.21. The maximum absolute atomic E-state index is 9.28. The van der Waals surface area contributed by atoms with Crippen molar-refractivity contribution in [2.75, 3.05) is 13.6 Å². The van der Waals surface area contributed by atoms with Crippen molar-refractivity contribution in [2.45, 2.75) is 13.0 Å². The molecule has 0 aliphatic carbocycles. The summed E-state index contributed by atoms with van der Waals surface area (Å²) in [5.41, 5.74) is 3.30. The van der Waals surface area contributed by atoms with Crippen molar-refractivity contribution < 1.29 is 5.11 Å². The van der Waals surface area contributed by atoms with E-state index in [0.717, 1.165) is 36.6 Å². The first kappa shape index (κ1) is 11.2. The van der Waals surface area contributed by atoms with Crippen molar-refractivity contribution in [3.05, 3.63) is 41.7 Å². The monoisotopic (exact) mass is 241 g/mol. The molecular weight excluding hydrogens is 226 g/mol.